The number of hydrogen-bond donors (Lipinski definition) is 2. The number of hydrogen-bond acceptors (Lipinski definition) is 3. The van der Waals surface area contributed by atoms with Crippen molar-refractivity contribution in [3.8, 4) is 0 Å². The van der Waals surface area contributed by atoms with E-state index in [9.17, 15) is 4.79 Å². The summed E-state index contributed by atoms with van der Waals surface area (Å²) in [5, 5.41) is 2.97. The van der Waals surface area contributed by atoms with E-state index in [4.69, 9.17) is 10.5 Å². The maximum atomic E-state index is 11.6. The molecule has 5 heteroatoms. The van der Waals surface area contributed by atoms with E-state index in [1.807, 2.05) is 20.8 Å². The van der Waals surface area contributed by atoms with E-state index in [1.54, 1.807) is 0 Å². The zero-order chi connectivity index (χ0) is 10.7. The third-order valence-corrected chi connectivity index (χ3v) is 2.91. The zero-order valence-corrected chi connectivity index (χ0v) is 10.3. The summed E-state index contributed by atoms with van der Waals surface area (Å²) in [5.74, 6) is -0.106. The largest absolute Gasteiger partial charge is 0.376 e. The average Bonchev–Trinajstić information content (AvgIpc) is 2.50. The zero-order valence-electron chi connectivity index (χ0n) is 9.53. The second-order valence-electron chi connectivity index (χ2n) is 4.13. The number of nitrogens with one attached hydrogen (secondary N) is 1. The molecule has 90 valence electrons. The third kappa shape index (κ3) is 3.97. The Balaban J connectivity index is 0.00000196. The summed E-state index contributed by atoms with van der Waals surface area (Å²) in [7, 11) is 0. The highest BCUT2D eigenvalue weighted by atomic mass is 35.5. The monoisotopic (exact) mass is 236 g/mol. The molecule has 1 fully saturated rings. The summed E-state index contributed by atoms with van der Waals surface area (Å²) in [4.78, 5) is 11.6. The van der Waals surface area contributed by atoms with Crippen molar-refractivity contribution in [3.05, 3.63) is 0 Å². The Kier molecular flexibility index (Phi) is 6.17. The number of ether oxygens (including phenoxy) is 1. The fraction of sp³-hybridized carbons (Fsp3) is 0.900. The van der Waals surface area contributed by atoms with Crippen LogP contribution in [0.1, 0.15) is 27.2 Å². The molecule has 0 bridgehead atoms. The Morgan fingerprint density at radius 3 is 2.53 bits per heavy atom. The van der Waals surface area contributed by atoms with Crippen LogP contribution in [0.5, 0.6) is 0 Å². The molecule has 1 heterocycles. The minimum absolute atomic E-state index is 0. The molecular weight excluding hydrogens is 216 g/mol. The van der Waals surface area contributed by atoms with Gasteiger partial charge in [-0.05, 0) is 20.3 Å². The molecule has 0 aromatic heterocycles. The second kappa shape index (κ2) is 6.30. The molecule has 0 saturated carbocycles. The summed E-state index contributed by atoms with van der Waals surface area (Å²) < 4.78 is 5.36. The van der Waals surface area contributed by atoms with Gasteiger partial charge >= 0.3 is 0 Å². The summed E-state index contributed by atoms with van der Waals surface area (Å²) in [5.41, 5.74) is 5.65. The highest BCUT2D eigenvalue weighted by Gasteiger charge is 2.27. The van der Waals surface area contributed by atoms with Crippen LogP contribution in [0.4, 0.5) is 0 Å². The van der Waals surface area contributed by atoms with Crippen molar-refractivity contribution >= 4 is 18.3 Å². The van der Waals surface area contributed by atoms with Gasteiger partial charge in [0.25, 0.3) is 0 Å². The minimum atomic E-state index is -0.136. The van der Waals surface area contributed by atoms with Gasteiger partial charge in [-0.3, -0.25) is 4.79 Å². The van der Waals surface area contributed by atoms with Crippen LogP contribution in [-0.4, -0.2) is 30.7 Å². The van der Waals surface area contributed by atoms with Gasteiger partial charge in [0, 0.05) is 18.6 Å². The van der Waals surface area contributed by atoms with Crippen molar-refractivity contribution in [1.82, 2.24) is 5.32 Å². The normalized spacial score (nSPS) is 29.1. The van der Waals surface area contributed by atoms with Gasteiger partial charge in [0.05, 0.1) is 12.1 Å². The van der Waals surface area contributed by atoms with Gasteiger partial charge in [0.15, 0.2) is 0 Å². The van der Waals surface area contributed by atoms with Gasteiger partial charge in [0.2, 0.25) is 5.91 Å². The van der Waals surface area contributed by atoms with Gasteiger partial charge in [-0.2, -0.15) is 0 Å². The van der Waals surface area contributed by atoms with E-state index in [2.05, 4.69) is 5.32 Å². The molecular formula is C10H21ClN2O2. The molecule has 4 atom stereocenters. The van der Waals surface area contributed by atoms with Crippen LogP contribution in [0.15, 0.2) is 0 Å². The maximum Gasteiger partial charge on any atom is 0.224 e. The number of halogens is 1. The highest BCUT2D eigenvalue weighted by molar-refractivity contribution is 5.85. The van der Waals surface area contributed by atoms with Crippen LogP contribution < -0.4 is 11.1 Å². The van der Waals surface area contributed by atoms with Gasteiger partial charge < -0.3 is 15.8 Å². The lowest BCUT2D eigenvalue weighted by Crippen LogP contribution is -2.45. The Labute approximate surface area is 97.3 Å². The third-order valence-electron chi connectivity index (χ3n) is 2.91. The summed E-state index contributed by atoms with van der Waals surface area (Å²) >= 11 is 0. The smallest absolute Gasteiger partial charge is 0.224 e. The first-order chi connectivity index (χ1) is 6.52. The van der Waals surface area contributed by atoms with Gasteiger partial charge in [-0.15, -0.1) is 12.4 Å². The molecule has 1 rings (SSSR count). The number of nitrogens with two attached hydrogens (primary N) is 1. The van der Waals surface area contributed by atoms with Crippen molar-refractivity contribution < 1.29 is 9.53 Å². The molecule has 3 N–H and O–H groups in total. The van der Waals surface area contributed by atoms with Crippen molar-refractivity contribution in [2.75, 3.05) is 6.61 Å². The molecule has 0 aliphatic carbocycles. The average molecular weight is 237 g/mol. The molecule has 1 aliphatic heterocycles. The molecule has 0 aromatic rings. The van der Waals surface area contributed by atoms with E-state index >= 15 is 0 Å². The van der Waals surface area contributed by atoms with E-state index in [-0.39, 0.29) is 42.4 Å². The summed E-state index contributed by atoms with van der Waals surface area (Å²) in [6.07, 6.45) is 1.03. The first kappa shape index (κ1) is 14.7. The topological polar surface area (TPSA) is 64.4 Å². The number of carbonyl (C=O) groups excluding carboxylic acids is 1. The molecule has 0 aromatic carbocycles. The first-order valence-electron chi connectivity index (χ1n) is 5.20. The van der Waals surface area contributed by atoms with Crippen molar-refractivity contribution in [2.24, 2.45) is 11.7 Å². The Morgan fingerprint density at radius 1 is 1.53 bits per heavy atom. The van der Waals surface area contributed by atoms with Gasteiger partial charge in [0.1, 0.15) is 0 Å². The van der Waals surface area contributed by atoms with Crippen LogP contribution in [0.3, 0.4) is 0 Å². The van der Waals surface area contributed by atoms with Gasteiger partial charge in [-0.1, -0.05) is 6.92 Å². The molecule has 0 radical (unpaired) electrons. The molecule has 1 aliphatic rings. The van der Waals surface area contributed by atoms with Crippen molar-refractivity contribution in [2.45, 2.75) is 45.4 Å². The lowest BCUT2D eigenvalue weighted by atomic mass is 10.0. The number of amides is 1. The maximum absolute atomic E-state index is 11.6. The van der Waals surface area contributed by atoms with Crippen LogP contribution in [0.25, 0.3) is 0 Å². The number of carbonyl (C=O) groups is 1. The lowest BCUT2D eigenvalue weighted by Gasteiger charge is -2.20. The first-order valence-corrected chi connectivity index (χ1v) is 5.20. The van der Waals surface area contributed by atoms with E-state index in [1.165, 1.54) is 0 Å². The Hall–Kier alpha value is -0.320. The van der Waals surface area contributed by atoms with E-state index in [0.717, 1.165) is 13.0 Å². The van der Waals surface area contributed by atoms with Gasteiger partial charge in [-0.25, -0.2) is 0 Å². The van der Waals surface area contributed by atoms with Crippen LogP contribution in [-0.2, 0) is 9.53 Å². The van der Waals surface area contributed by atoms with Crippen LogP contribution >= 0.6 is 12.4 Å². The predicted octanol–water partition coefficient (Wildman–Crippen LogP) is 0.685. The second-order valence-corrected chi connectivity index (χ2v) is 4.13. The molecule has 0 spiro atoms. The highest BCUT2D eigenvalue weighted by Crippen LogP contribution is 2.13. The SMILES string of the molecule is CC(N)C(C)C(=O)NC1CCOC1C.Cl. The van der Waals surface area contributed by atoms with E-state index < -0.39 is 0 Å². The fourth-order valence-corrected chi connectivity index (χ4v) is 1.47. The Morgan fingerprint density at radius 2 is 2.13 bits per heavy atom. The van der Waals surface area contributed by atoms with Crippen LogP contribution in [0.2, 0.25) is 0 Å². The minimum Gasteiger partial charge on any atom is -0.376 e. The predicted molar refractivity (Wildman–Crippen MR) is 62.0 cm³/mol. The summed E-state index contributed by atoms with van der Waals surface area (Å²) in [6.45, 7) is 6.41. The van der Waals surface area contributed by atoms with Crippen molar-refractivity contribution in [3.63, 3.8) is 0 Å². The standard InChI is InChI=1S/C10H20N2O2.ClH/c1-6(7(2)11)10(13)12-9-4-5-14-8(9)3;/h6-9H,4-5,11H2,1-3H3,(H,12,13);1H. The molecule has 15 heavy (non-hydrogen) atoms. The number of rotatable bonds is 3. The Bertz CT molecular complexity index is 212. The molecule has 1 amide bonds. The fourth-order valence-electron chi connectivity index (χ4n) is 1.47. The molecule has 4 nitrogen and oxygen atoms in total. The quantitative estimate of drug-likeness (QED) is 0.758. The molecule has 1 saturated heterocycles. The lowest BCUT2D eigenvalue weighted by molar-refractivity contribution is -0.126. The molecule has 4 unspecified atom stereocenters. The van der Waals surface area contributed by atoms with Crippen LogP contribution in [0, 0.1) is 5.92 Å². The van der Waals surface area contributed by atoms with E-state index in [0.29, 0.717) is 0 Å². The summed E-state index contributed by atoms with van der Waals surface area (Å²) in [6, 6.07) is 0.0522. The van der Waals surface area contributed by atoms with Crippen molar-refractivity contribution in [1.29, 1.82) is 0 Å².